The van der Waals surface area contributed by atoms with Gasteiger partial charge in [0, 0.05) is 0 Å². The van der Waals surface area contributed by atoms with Crippen LogP contribution in [-0.2, 0) is 9.53 Å². The van der Waals surface area contributed by atoms with Gasteiger partial charge in [0.25, 0.3) is 0 Å². The fourth-order valence-electron chi connectivity index (χ4n) is 1.85. The molecule has 15 heavy (non-hydrogen) atoms. The fourth-order valence-corrected chi connectivity index (χ4v) is 1.85. The summed E-state index contributed by atoms with van der Waals surface area (Å²) >= 11 is 0. The Bertz CT molecular complexity index is 227. The van der Waals surface area contributed by atoms with Gasteiger partial charge in [-0.15, -0.1) is 0 Å². The third-order valence-electron chi connectivity index (χ3n) is 2.54. The van der Waals surface area contributed by atoms with Crippen LogP contribution in [0, 0.1) is 5.92 Å². The van der Waals surface area contributed by atoms with E-state index in [0.717, 1.165) is 0 Å². The first-order chi connectivity index (χ1) is 6.91. The van der Waals surface area contributed by atoms with Crippen molar-refractivity contribution in [3.63, 3.8) is 0 Å². The predicted molar refractivity (Wildman–Crippen MR) is 45.4 cm³/mol. The minimum atomic E-state index is -4.29. The second-order valence-corrected chi connectivity index (χ2v) is 3.68. The van der Waals surface area contributed by atoms with Gasteiger partial charge in [-0.3, -0.25) is 0 Å². The SMILES string of the molecule is O=C(O)COC1CCCCC1C(F)(F)F. The van der Waals surface area contributed by atoms with E-state index in [-0.39, 0.29) is 12.8 Å². The molecule has 1 N–H and O–H groups in total. The Labute approximate surface area is 85.2 Å². The third-order valence-corrected chi connectivity index (χ3v) is 2.54. The molecular formula is C9H13F3O3. The van der Waals surface area contributed by atoms with Gasteiger partial charge in [-0.1, -0.05) is 12.8 Å². The minimum Gasteiger partial charge on any atom is -0.480 e. The summed E-state index contributed by atoms with van der Waals surface area (Å²) in [5.41, 5.74) is 0. The molecule has 0 aromatic rings. The summed E-state index contributed by atoms with van der Waals surface area (Å²) in [5.74, 6) is -2.74. The molecule has 2 atom stereocenters. The summed E-state index contributed by atoms with van der Waals surface area (Å²) in [6.07, 6.45) is -3.77. The molecule has 1 aliphatic rings. The summed E-state index contributed by atoms with van der Waals surface area (Å²) in [7, 11) is 0. The molecule has 0 heterocycles. The van der Waals surface area contributed by atoms with Gasteiger partial charge in [-0.05, 0) is 12.8 Å². The summed E-state index contributed by atoms with van der Waals surface area (Å²) < 4.78 is 42.2. The molecule has 0 aliphatic heterocycles. The van der Waals surface area contributed by atoms with Crippen LogP contribution in [-0.4, -0.2) is 30.0 Å². The van der Waals surface area contributed by atoms with E-state index in [2.05, 4.69) is 0 Å². The number of ether oxygens (including phenoxy) is 1. The number of halogens is 3. The maximum Gasteiger partial charge on any atom is 0.394 e. The number of alkyl halides is 3. The second-order valence-electron chi connectivity index (χ2n) is 3.68. The molecule has 0 bridgehead atoms. The van der Waals surface area contributed by atoms with Gasteiger partial charge in [0.15, 0.2) is 0 Å². The topological polar surface area (TPSA) is 46.5 Å². The molecule has 1 saturated carbocycles. The summed E-state index contributed by atoms with van der Waals surface area (Å²) in [6, 6.07) is 0. The van der Waals surface area contributed by atoms with E-state index in [4.69, 9.17) is 9.84 Å². The lowest BCUT2D eigenvalue weighted by Gasteiger charge is -2.32. The first-order valence-corrected chi connectivity index (χ1v) is 4.81. The zero-order chi connectivity index (χ0) is 11.5. The highest BCUT2D eigenvalue weighted by molar-refractivity contribution is 5.68. The number of carboxylic acids is 1. The number of aliphatic carboxylic acids is 1. The van der Waals surface area contributed by atoms with E-state index in [0.29, 0.717) is 12.8 Å². The van der Waals surface area contributed by atoms with Gasteiger partial charge < -0.3 is 9.84 Å². The third kappa shape index (κ3) is 3.70. The molecule has 0 amide bonds. The molecule has 1 rings (SSSR count). The van der Waals surface area contributed by atoms with E-state index in [1.165, 1.54) is 0 Å². The molecule has 0 aromatic heterocycles. The fraction of sp³-hybridized carbons (Fsp3) is 0.889. The summed E-state index contributed by atoms with van der Waals surface area (Å²) in [5, 5.41) is 8.33. The Morgan fingerprint density at radius 2 is 1.93 bits per heavy atom. The summed E-state index contributed by atoms with van der Waals surface area (Å²) in [4.78, 5) is 10.2. The van der Waals surface area contributed by atoms with E-state index in [1.54, 1.807) is 0 Å². The van der Waals surface area contributed by atoms with Gasteiger partial charge >= 0.3 is 12.1 Å². The Morgan fingerprint density at radius 1 is 1.33 bits per heavy atom. The first kappa shape index (κ1) is 12.3. The van der Waals surface area contributed by atoms with E-state index in [9.17, 15) is 18.0 Å². The van der Waals surface area contributed by atoms with Crippen molar-refractivity contribution in [2.45, 2.75) is 38.0 Å². The maximum absolute atomic E-state index is 12.5. The summed E-state index contributed by atoms with van der Waals surface area (Å²) in [6.45, 7) is -0.656. The highest BCUT2D eigenvalue weighted by Gasteiger charge is 2.46. The zero-order valence-electron chi connectivity index (χ0n) is 8.09. The van der Waals surface area contributed by atoms with Crippen LogP contribution in [0.25, 0.3) is 0 Å². The molecule has 3 nitrogen and oxygen atoms in total. The normalized spacial score (nSPS) is 27.7. The monoisotopic (exact) mass is 226 g/mol. The highest BCUT2D eigenvalue weighted by atomic mass is 19.4. The molecular weight excluding hydrogens is 213 g/mol. The molecule has 1 fully saturated rings. The van der Waals surface area contributed by atoms with E-state index < -0.39 is 30.8 Å². The number of carbonyl (C=O) groups is 1. The average Bonchev–Trinajstić information content (AvgIpc) is 2.13. The molecule has 88 valence electrons. The molecule has 0 radical (unpaired) electrons. The van der Waals surface area contributed by atoms with Crippen molar-refractivity contribution in [2.75, 3.05) is 6.61 Å². The van der Waals surface area contributed by atoms with Crippen LogP contribution in [0.4, 0.5) is 13.2 Å². The zero-order valence-corrected chi connectivity index (χ0v) is 8.09. The Kier molecular flexibility index (Phi) is 3.96. The highest BCUT2D eigenvalue weighted by Crippen LogP contribution is 2.39. The number of rotatable bonds is 3. The lowest BCUT2D eigenvalue weighted by Crippen LogP contribution is -2.39. The van der Waals surface area contributed by atoms with Crippen LogP contribution in [0.3, 0.4) is 0 Å². The predicted octanol–water partition coefficient (Wildman–Crippen LogP) is 2.21. The smallest absolute Gasteiger partial charge is 0.394 e. The molecule has 2 unspecified atom stereocenters. The standard InChI is InChI=1S/C9H13F3O3/c10-9(11,12)6-3-1-2-4-7(6)15-5-8(13)14/h6-7H,1-5H2,(H,13,14). The Balaban J connectivity index is 2.54. The van der Waals surface area contributed by atoms with Crippen LogP contribution in [0.15, 0.2) is 0 Å². The van der Waals surface area contributed by atoms with Crippen LogP contribution in [0.5, 0.6) is 0 Å². The van der Waals surface area contributed by atoms with Crippen molar-refractivity contribution in [1.82, 2.24) is 0 Å². The van der Waals surface area contributed by atoms with Crippen molar-refractivity contribution < 1.29 is 27.8 Å². The van der Waals surface area contributed by atoms with Gasteiger partial charge in [0.05, 0.1) is 12.0 Å². The molecule has 1 aliphatic carbocycles. The molecule has 6 heteroatoms. The van der Waals surface area contributed by atoms with Crippen LogP contribution < -0.4 is 0 Å². The Hall–Kier alpha value is -0.780. The average molecular weight is 226 g/mol. The van der Waals surface area contributed by atoms with E-state index in [1.807, 2.05) is 0 Å². The molecule has 0 spiro atoms. The Morgan fingerprint density at radius 3 is 2.47 bits per heavy atom. The van der Waals surface area contributed by atoms with Gasteiger partial charge in [-0.25, -0.2) is 4.79 Å². The van der Waals surface area contributed by atoms with Gasteiger partial charge in [0.2, 0.25) is 0 Å². The van der Waals surface area contributed by atoms with Crippen molar-refractivity contribution in [3.8, 4) is 0 Å². The lowest BCUT2D eigenvalue weighted by molar-refractivity contribution is -0.217. The number of hydrogen-bond acceptors (Lipinski definition) is 2. The number of carboxylic acid groups (broad SMARTS) is 1. The van der Waals surface area contributed by atoms with E-state index >= 15 is 0 Å². The van der Waals surface area contributed by atoms with Crippen molar-refractivity contribution >= 4 is 5.97 Å². The molecule has 0 saturated heterocycles. The van der Waals surface area contributed by atoms with Gasteiger partial charge in [0.1, 0.15) is 6.61 Å². The lowest BCUT2D eigenvalue weighted by atomic mass is 9.86. The van der Waals surface area contributed by atoms with Crippen LogP contribution in [0.1, 0.15) is 25.7 Å². The minimum absolute atomic E-state index is 0.0355. The van der Waals surface area contributed by atoms with Crippen molar-refractivity contribution in [1.29, 1.82) is 0 Å². The van der Waals surface area contributed by atoms with Crippen LogP contribution in [0.2, 0.25) is 0 Å². The quantitative estimate of drug-likeness (QED) is 0.802. The van der Waals surface area contributed by atoms with Gasteiger partial charge in [-0.2, -0.15) is 13.2 Å². The number of hydrogen-bond donors (Lipinski definition) is 1. The van der Waals surface area contributed by atoms with Crippen LogP contribution >= 0.6 is 0 Å². The first-order valence-electron chi connectivity index (χ1n) is 4.81. The largest absolute Gasteiger partial charge is 0.480 e. The van der Waals surface area contributed by atoms with Crippen molar-refractivity contribution in [3.05, 3.63) is 0 Å². The second kappa shape index (κ2) is 4.83. The maximum atomic E-state index is 12.5. The van der Waals surface area contributed by atoms with Crippen molar-refractivity contribution in [2.24, 2.45) is 5.92 Å². The molecule has 0 aromatic carbocycles.